The Kier molecular flexibility index (Phi) is 2.13. The Bertz CT molecular complexity index is 158. The third kappa shape index (κ3) is 1.17. The van der Waals surface area contributed by atoms with Crippen LogP contribution in [0.2, 0.25) is 0 Å². The van der Waals surface area contributed by atoms with Gasteiger partial charge in [-0.25, -0.2) is 0 Å². The molecule has 0 amide bonds. The largest absolute Gasteiger partial charge is 0.381 e. The lowest BCUT2D eigenvalue weighted by Gasteiger charge is -2.40. The molecule has 0 aromatic heterocycles. The van der Waals surface area contributed by atoms with Gasteiger partial charge in [-0.1, -0.05) is 0 Å². The SMILES string of the molecule is C[C@@H]1CCC2(CCOCC2)N1C. The van der Waals surface area contributed by atoms with E-state index in [2.05, 4.69) is 18.9 Å². The van der Waals surface area contributed by atoms with Gasteiger partial charge in [-0.15, -0.1) is 0 Å². The summed E-state index contributed by atoms with van der Waals surface area (Å²) in [7, 11) is 2.28. The second kappa shape index (κ2) is 3.00. The van der Waals surface area contributed by atoms with Crippen LogP contribution in [0, 0.1) is 0 Å². The first kappa shape index (κ1) is 8.52. The van der Waals surface area contributed by atoms with Crippen LogP contribution in [0.4, 0.5) is 0 Å². The van der Waals surface area contributed by atoms with E-state index in [0.717, 1.165) is 19.3 Å². The van der Waals surface area contributed by atoms with Crippen molar-refractivity contribution in [3.63, 3.8) is 0 Å². The fraction of sp³-hybridized carbons (Fsp3) is 1.00. The van der Waals surface area contributed by atoms with E-state index in [0.29, 0.717) is 5.54 Å². The summed E-state index contributed by atoms with van der Waals surface area (Å²) in [6, 6.07) is 0.781. The molecule has 2 aliphatic heterocycles. The van der Waals surface area contributed by atoms with Crippen molar-refractivity contribution in [1.29, 1.82) is 0 Å². The zero-order valence-corrected chi connectivity index (χ0v) is 8.18. The van der Waals surface area contributed by atoms with E-state index in [9.17, 15) is 0 Å². The number of rotatable bonds is 0. The molecule has 0 radical (unpaired) electrons. The van der Waals surface area contributed by atoms with E-state index >= 15 is 0 Å². The van der Waals surface area contributed by atoms with E-state index in [1.807, 2.05) is 0 Å². The summed E-state index contributed by atoms with van der Waals surface area (Å²) in [6.07, 6.45) is 5.24. The van der Waals surface area contributed by atoms with Gasteiger partial charge in [-0.3, -0.25) is 4.90 Å². The van der Waals surface area contributed by atoms with Crippen molar-refractivity contribution in [2.24, 2.45) is 0 Å². The summed E-state index contributed by atoms with van der Waals surface area (Å²) >= 11 is 0. The van der Waals surface area contributed by atoms with Gasteiger partial charge in [0.1, 0.15) is 0 Å². The minimum Gasteiger partial charge on any atom is -0.381 e. The second-order valence-corrected chi connectivity index (χ2v) is 4.34. The molecule has 0 unspecified atom stereocenters. The number of hydrogen-bond donors (Lipinski definition) is 0. The summed E-state index contributed by atoms with van der Waals surface area (Å²) in [5, 5.41) is 0. The Morgan fingerprint density at radius 1 is 1.25 bits per heavy atom. The summed E-state index contributed by atoms with van der Waals surface area (Å²) in [6.45, 7) is 4.28. The normalized spacial score (nSPS) is 36.0. The van der Waals surface area contributed by atoms with E-state index in [4.69, 9.17) is 4.74 Å². The first-order valence-corrected chi connectivity index (χ1v) is 5.05. The van der Waals surface area contributed by atoms with E-state index < -0.39 is 0 Å². The Morgan fingerprint density at radius 2 is 1.92 bits per heavy atom. The average molecular weight is 169 g/mol. The van der Waals surface area contributed by atoms with Gasteiger partial charge in [0.05, 0.1) is 0 Å². The second-order valence-electron chi connectivity index (χ2n) is 4.34. The Hall–Kier alpha value is -0.0800. The van der Waals surface area contributed by atoms with Crippen LogP contribution in [0.15, 0.2) is 0 Å². The molecule has 2 heterocycles. The Labute approximate surface area is 74.9 Å². The Morgan fingerprint density at radius 3 is 2.42 bits per heavy atom. The Balaban J connectivity index is 2.09. The molecule has 0 aliphatic carbocycles. The monoisotopic (exact) mass is 169 g/mol. The molecule has 2 saturated heterocycles. The number of likely N-dealkylation sites (tertiary alicyclic amines) is 1. The molecule has 0 saturated carbocycles. The zero-order chi connectivity index (χ0) is 8.60. The van der Waals surface area contributed by atoms with Crippen LogP contribution < -0.4 is 0 Å². The lowest BCUT2D eigenvalue weighted by Crippen LogP contribution is -2.47. The smallest absolute Gasteiger partial charge is 0.0483 e. The van der Waals surface area contributed by atoms with Crippen molar-refractivity contribution < 1.29 is 4.74 Å². The van der Waals surface area contributed by atoms with Crippen molar-refractivity contribution >= 4 is 0 Å². The highest BCUT2D eigenvalue weighted by atomic mass is 16.5. The molecule has 2 heteroatoms. The van der Waals surface area contributed by atoms with Gasteiger partial charge in [0.2, 0.25) is 0 Å². The molecular formula is C10H19NO. The van der Waals surface area contributed by atoms with Crippen molar-refractivity contribution in [3.8, 4) is 0 Å². The van der Waals surface area contributed by atoms with Crippen LogP contribution in [0.25, 0.3) is 0 Å². The number of ether oxygens (including phenoxy) is 1. The van der Waals surface area contributed by atoms with Crippen LogP contribution in [0.1, 0.15) is 32.6 Å². The molecule has 0 aromatic carbocycles. The predicted molar refractivity (Wildman–Crippen MR) is 49.2 cm³/mol. The van der Waals surface area contributed by atoms with Gasteiger partial charge >= 0.3 is 0 Å². The van der Waals surface area contributed by atoms with Crippen LogP contribution >= 0.6 is 0 Å². The van der Waals surface area contributed by atoms with Crippen molar-refractivity contribution in [2.45, 2.75) is 44.2 Å². The van der Waals surface area contributed by atoms with Crippen LogP contribution in [0.5, 0.6) is 0 Å². The maximum atomic E-state index is 5.41. The van der Waals surface area contributed by atoms with Gasteiger partial charge in [0.15, 0.2) is 0 Å². The molecule has 2 rings (SSSR count). The van der Waals surface area contributed by atoms with Crippen molar-refractivity contribution in [2.75, 3.05) is 20.3 Å². The van der Waals surface area contributed by atoms with Crippen LogP contribution in [-0.2, 0) is 4.74 Å². The molecule has 2 nitrogen and oxygen atoms in total. The fourth-order valence-electron chi connectivity index (χ4n) is 2.67. The predicted octanol–water partition coefficient (Wildman–Crippen LogP) is 1.65. The van der Waals surface area contributed by atoms with Crippen molar-refractivity contribution in [3.05, 3.63) is 0 Å². The summed E-state index contributed by atoms with van der Waals surface area (Å²) in [4.78, 5) is 2.58. The maximum absolute atomic E-state index is 5.41. The topological polar surface area (TPSA) is 12.5 Å². The maximum Gasteiger partial charge on any atom is 0.0483 e. The molecule has 0 bridgehead atoms. The van der Waals surface area contributed by atoms with Gasteiger partial charge in [-0.05, 0) is 39.7 Å². The third-order valence-electron chi connectivity index (χ3n) is 3.86. The fourth-order valence-corrected chi connectivity index (χ4v) is 2.67. The lowest BCUT2D eigenvalue weighted by atomic mass is 9.88. The van der Waals surface area contributed by atoms with E-state index in [1.165, 1.54) is 25.7 Å². The van der Waals surface area contributed by atoms with Gasteiger partial charge in [0, 0.05) is 24.8 Å². The first-order valence-electron chi connectivity index (χ1n) is 5.05. The van der Waals surface area contributed by atoms with Gasteiger partial charge in [-0.2, -0.15) is 0 Å². The highest BCUT2D eigenvalue weighted by molar-refractivity contribution is 4.98. The molecule has 0 aromatic rings. The standard InChI is InChI=1S/C10H19NO/c1-9-3-4-10(11(9)2)5-7-12-8-6-10/h9H,3-8H2,1-2H3/t9-/m1/s1. The molecule has 2 fully saturated rings. The van der Waals surface area contributed by atoms with Gasteiger partial charge < -0.3 is 4.74 Å². The molecule has 2 aliphatic rings. The quantitative estimate of drug-likeness (QED) is 0.546. The summed E-state index contributed by atoms with van der Waals surface area (Å²) < 4.78 is 5.41. The molecule has 12 heavy (non-hydrogen) atoms. The molecule has 1 spiro atoms. The minimum atomic E-state index is 0.512. The van der Waals surface area contributed by atoms with Gasteiger partial charge in [0.25, 0.3) is 0 Å². The number of nitrogens with zero attached hydrogens (tertiary/aromatic N) is 1. The molecule has 0 N–H and O–H groups in total. The molecule has 1 atom stereocenters. The summed E-state index contributed by atoms with van der Waals surface area (Å²) in [5.74, 6) is 0. The third-order valence-corrected chi connectivity index (χ3v) is 3.86. The zero-order valence-electron chi connectivity index (χ0n) is 8.18. The van der Waals surface area contributed by atoms with Crippen LogP contribution in [0.3, 0.4) is 0 Å². The molecular weight excluding hydrogens is 150 g/mol. The highest BCUT2D eigenvalue weighted by Gasteiger charge is 2.42. The van der Waals surface area contributed by atoms with Crippen LogP contribution in [-0.4, -0.2) is 36.7 Å². The number of hydrogen-bond acceptors (Lipinski definition) is 2. The van der Waals surface area contributed by atoms with E-state index in [1.54, 1.807) is 0 Å². The molecule has 70 valence electrons. The average Bonchev–Trinajstić information content (AvgIpc) is 2.37. The highest BCUT2D eigenvalue weighted by Crippen LogP contribution is 2.39. The summed E-state index contributed by atoms with van der Waals surface area (Å²) in [5.41, 5.74) is 0.512. The first-order chi connectivity index (χ1) is 5.75. The lowest BCUT2D eigenvalue weighted by molar-refractivity contribution is -0.00620. The van der Waals surface area contributed by atoms with Crippen molar-refractivity contribution in [1.82, 2.24) is 4.90 Å². The van der Waals surface area contributed by atoms with E-state index in [-0.39, 0.29) is 0 Å². The minimum absolute atomic E-state index is 0.512.